The van der Waals surface area contributed by atoms with Crippen LogP contribution < -0.4 is 10.1 Å². The third-order valence-corrected chi connectivity index (χ3v) is 6.94. The fourth-order valence-electron chi connectivity index (χ4n) is 4.57. The van der Waals surface area contributed by atoms with Gasteiger partial charge >= 0.3 is 0 Å². The second-order valence-corrected chi connectivity index (χ2v) is 9.22. The number of aryl methyl sites for hydroxylation is 1. The van der Waals surface area contributed by atoms with Crippen LogP contribution in [0.1, 0.15) is 53.2 Å². The summed E-state index contributed by atoms with van der Waals surface area (Å²) in [5, 5.41) is 4.41. The molecule has 33 heavy (non-hydrogen) atoms. The third kappa shape index (κ3) is 4.19. The maximum Gasteiger partial charge on any atom is 0.252 e. The molecule has 1 N–H and O–H groups in total. The fourth-order valence-corrected chi connectivity index (χ4v) is 4.57. The van der Waals surface area contributed by atoms with Gasteiger partial charge in [-0.3, -0.25) is 14.7 Å². The van der Waals surface area contributed by atoms with Gasteiger partial charge < -0.3 is 10.1 Å². The maximum atomic E-state index is 13.4. The van der Waals surface area contributed by atoms with Crippen molar-refractivity contribution < 1.29 is 9.53 Å². The van der Waals surface area contributed by atoms with Crippen LogP contribution in [0.3, 0.4) is 0 Å². The minimum Gasteiger partial charge on any atom is -0.492 e. The lowest BCUT2D eigenvalue weighted by molar-refractivity contribution is 0.0767. The molecule has 1 amide bonds. The zero-order valence-electron chi connectivity index (χ0n) is 19.4. The summed E-state index contributed by atoms with van der Waals surface area (Å²) in [6.07, 6.45) is 4.75. The van der Waals surface area contributed by atoms with E-state index >= 15 is 0 Å². The van der Waals surface area contributed by atoms with Gasteiger partial charge in [0.25, 0.3) is 5.91 Å². The number of aromatic nitrogens is 1. The lowest BCUT2D eigenvalue weighted by Crippen LogP contribution is -2.48. The molecule has 168 valence electrons. The number of hydrogen-bond donors (Lipinski definition) is 1. The van der Waals surface area contributed by atoms with Crippen molar-refractivity contribution in [1.29, 1.82) is 0 Å². The Bertz CT molecular complexity index is 1280. The first-order chi connectivity index (χ1) is 16.0. The van der Waals surface area contributed by atoms with E-state index in [1.165, 1.54) is 0 Å². The normalized spacial score (nSPS) is 18.7. The first kappa shape index (κ1) is 21.5. The summed E-state index contributed by atoms with van der Waals surface area (Å²) in [5.41, 5.74) is 4.13. The summed E-state index contributed by atoms with van der Waals surface area (Å²) < 4.78 is 6.01. The first-order valence-electron chi connectivity index (χ1n) is 11.6. The van der Waals surface area contributed by atoms with Crippen molar-refractivity contribution >= 4 is 16.8 Å². The number of carbonyl (C=O) groups is 1. The highest BCUT2D eigenvalue weighted by Crippen LogP contribution is 2.48. The largest absolute Gasteiger partial charge is 0.492 e. The minimum absolute atomic E-state index is 0.0692. The average molecular weight is 440 g/mol. The van der Waals surface area contributed by atoms with Crippen molar-refractivity contribution in [1.82, 2.24) is 15.2 Å². The van der Waals surface area contributed by atoms with E-state index in [4.69, 9.17) is 4.74 Å². The van der Waals surface area contributed by atoms with Gasteiger partial charge in [0.15, 0.2) is 0 Å². The molecule has 2 heterocycles. The van der Waals surface area contributed by atoms with Gasteiger partial charge in [0, 0.05) is 28.8 Å². The summed E-state index contributed by atoms with van der Waals surface area (Å²) >= 11 is 0. The monoisotopic (exact) mass is 439 g/mol. The minimum atomic E-state index is -0.387. The Balaban J connectivity index is 1.41. The number of nitrogens with zero attached hydrogens (tertiary/aromatic N) is 2. The van der Waals surface area contributed by atoms with Crippen LogP contribution in [0, 0.1) is 18.8 Å². The van der Waals surface area contributed by atoms with Crippen molar-refractivity contribution in [3.05, 3.63) is 70.9 Å². The Kier molecular flexibility index (Phi) is 5.55. The van der Waals surface area contributed by atoms with E-state index in [2.05, 4.69) is 46.2 Å². The van der Waals surface area contributed by atoms with Crippen LogP contribution in [0.5, 0.6) is 5.75 Å². The van der Waals surface area contributed by atoms with E-state index in [-0.39, 0.29) is 11.4 Å². The Hall–Kier alpha value is -3.36. The van der Waals surface area contributed by atoms with E-state index in [1.807, 2.05) is 44.2 Å². The van der Waals surface area contributed by atoms with Crippen LogP contribution in [-0.2, 0) is 5.54 Å². The number of rotatable bonds is 6. The molecule has 1 aliphatic heterocycles. The predicted octanol–water partition coefficient (Wildman–Crippen LogP) is 4.42. The molecule has 5 rings (SSSR count). The van der Waals surface area contributed by atoms with Crippen molar-refractivity contribution in [2.75, 3.05) is 20.2 Å². The molecule has 1 unspecified atom stereocenters. The van der Waals surface area contributed by atoms with Crippen molar-refractivity contribution in [2.45, 2.75) is 44.7 Å². The Morgan fingerprint density at radius 2 is 2.12 bits per heavy atom. The van der Waals surface area contributed by atoms with E-state index in [1.54, 1.807) is 6.20 Å². The van der Waals surface area contributed by atoms with Crippen LogP contribution in [0.2, 0.25) is 0 Å². The van der Waals surface area contributed by atoms with E-state index in [9.17, 15) is 4.79 Å². The molecule has 0 spiro atoms. The maximum absolute atomic E-state index is 13.4. The first-order valence-corrected chi connectivity index (χ1v) is 11.6. The molecule has 2 aliphatic rings. The summed E-state index contributed by atoms with van der Waals surface area (Å²) in [6, 6.07) is 14.4. The molecule has 5 nitrogen and oxygen atoms in total. The van der Waals surface area contributed by atoms with Crippen molar-refractivity contribution in [3.8, 4) is 17.6 Å². The molecule has 1 saturated carbocycles. The molecular formula is C28H29N3O2. The average Bonchev–Trinajstić information content (AvgIpc) is 3.59. The quantitative estimate of drug-likeness (QED) is 0.578. The van der Waals surface area contributed by atoms with Gasteiger partial charge in [-0.2, -0.15) is 0 Å². The Morgan fingerprint density at radius 3 is 2.82 bits per heavy atom. The SMILES string of the molecule is CC#Cc1cc(C2(NC(=O)c3cc(OCC4CCN4C)ccc3C)CC2)c2cccnc2c1. The van der Waals surface area contributed by atoms with Crippen molar-refractivity contribution in [3.63, 3.8) is 0 Å². The zero-order chi connectivity index (χ0) is 23.0. The number of ether oxygens (including phenoxy) is 1. The van der Waals surface area contributed by atoms with E-state index in [0.717, 1.165) is 59.2 Å². The molecule has 1 aromatic heterocycles. The molecule has 3 aromatic rings. The van der Waals surface area contributed by atoms with Crippen LogP contribution in [0.4, 0.5) is 0 Å². The van der Waals surface area contributed by atoms with E-state index in [0.29, 0.717) is 18.2 Å². The van der Waals surface area contributed by atoms with Gasteiger partial charge in [0.2, 0.25) is 0 Å². The predicted molar refractivity (Wildman–Crippen MR) is 130 cm³/mol. The summed E-state index contributed by atoms with van der Waals surface area (Å²) in [5.74, 6) is 6.80. The highest BCUT2D eigenvalue weighted by molar-refractivity contribution is 5.97. The number of carbonyl (C=O) groups excluding carboxylic acids is 1. The van der Waals surface area contributed by atoms with Crippen LogP contribution in [-0.4, -0.2) is 42.0 Å². The number of nitrogens with one attached hydrogen (secondary N) is 1. The van der Waals surface area contributed by atoms with Gasteiger partial charge in [0.1, 0.15) is 12.4 Å². The number of hydrogen-bond acceptors (Lipinski definition) is 4. The fraction of sp³-hybridized carbons (Fsp3) is 0.357. The molecule has 0 bridgehead atoms. The Labute approximate surface area is 195 Å². The molecule has 2 fully saturated rings. The van der Waals surface area contributed by atoms with Crippen LogP contribution in [0.25, 0.3) is 10.9 Å². The molecule has 2 aromatic carbocycles. The summed E-state index contributed by atoms with van der Waals surface area (Å²) in [6.45, 7) is 5.56. The van der Waals surface area contributed by atoms with Gasteiger partial charge in [-0.1, -0.05) is 18.1 Å². The van der Waals surface area contributed by atoms with Gasteiger partial charge in [0.05, 0.1) is 11.1 Å². The molecular weight excluding hydrogens is 410 g/mol. The molecule has 5 heteroatoms. The van der Waals surface area contributed by atoms with Crippen LogP contribution >= 0.6 is 0 Å². The number of pyridine rings is 1. The van der Waals surface area contributed by atoms with Crippen LogP contribution in [0.15, 0.2) is 48.7 Å². The summed E-state index contributed by atoms with van der Waals surface area (Å²) in [7, 11) is 2.11. The van der Waals surface area contributed by atoms with Gasteiger partial charge in [-0.15, -0.1) is 5.92 Å². The standard InChI is InChI=1S/C28H29N3O2/c1-4-6-20-15-25(23-7-5-13-29-26(23)16-20)28(11-12-28)30-27(32)24-17-22(9-8-19(24)2)33-18-21-10-14-31(21)3/h5,7-9,13,15-17,21H,10-12,14,18H2,1-3H3,(H,30,32). The highest BCUT2D eigenvalue weighted by Gasteiger charge is 2.47. The topological polar surface area (TPSA) is 54.5 Å². The highest BCUT2D eigenvalue weighted by atomic mass is 16.5. The molecule has 0 radical (unpaired) electrons. The Morgan fingerprint density at radius 1 is 1.27 bits per heavy atom. The molecule has 1 saturated heterocycles. The van der Waals surface area contributed by atoms with Gasteiger partial charge in [-0.05, 0) is 88.2 Å². The van der Waals surface area contributed by atoms with E-state index < -0.39 is 0 Å². The number of likely N-dealkylation sites (tertiary alicyclic amines) is 1. The smallest absolute Gasteiger partial charge is 0.252 e. The number of amides is 1. The van der Waals surface area contributed by atoms with Crippen molar-refractivity contribution in [2.24, 2.45) is 0 Å². The second kappa shape index (κ2) is 8.53. The molecule has 1 aliphatic carbocycles. The number of likely N-dealkylation sites (N-methyl/N-ethyl adjacent to an activating group) is 1. The lowest BCUT2D eigenvalue weighted by atomic mass is 9.95. The number of fused-ring (bicyclic) bond motifs is 1. The second-order valence-electron chi connectivity index (χ2n) is 9.22. The third-order valence-electron chi connectivity index (χ3n) is 6.94. The number of benzene rings is 2. The zero-order valence-corrected chi connectivity index (χ0v) is 19.4. The summed E-state index contributed by atoms with van der Waals surface area (Å²) in [4.78, 5) is 20.3. The van der Waals surface area contributed by atoms with Gasteiger partial charge in [-0.25, -0.2) is 0 Å². The lowest BCUT2D eigenvalue weighted by Gasteiger charge is -2.37. The molecule has 1 atom stereocenters.